The molecule has 3 rings (SSSR count). The van der Waals surface area contributed by atoms with Crippen LogP contribution in [0.25, 0.3) is 0 Å². The van der Waals surface area contributed by atoms with Gasteiger partial charge in [0.1, 0.15) is 5.75 Å². The van der Waals surface area contributed by atoms with Crippen LogP contribution < -0.4 is 4.74 Å². The van der Waals surface area contributed by atoms with Crippen LogP contribution in [0.4, 0.5) is 0 Å². The van der Waals surface area contributed by atoms with Crippen LogP contribution in [0.3, 0.4) is 0 Å². The van der Waals surface area contributed by atoms with E-state index in [-0.39, 0.29) is 11.9 Å². The molecule has 2 unspecified atom stereocenters. The number of carbonyl (C=O) groups excluding carboxylic acids is 1. The van der Waals surface area contributed by atoms with Crippen molar-refractivity contribution in [2.45, 2.75) is 45.3 Å². The summed E-state index contributed by atoms with van der Waals surface area (Å²) in [5.41, 5.74) is 2.42. The first-order valence-corrected chi connectivity index (χ1v) is 8.71. The number of nitrogens with zero attached hydrogens (tertiary/aromatic N) is 1. The van der Waals surface area contributed by atoms with Crippen molar-refractivity contribution >= 4 is 5.91 Å². The van der Waals surface area contributed by atoms with E-state index < -0.39 is 6.10 Å². The summed E-state index contributed by atoms with van der Waals surface area (Å²) in [7, 11) is 0. The first-order chi connectivity index (χ1) is 11.6. The van der Waals surface area contributed by atoms with Gasteiger partial charge in [-0.25, -0.2) is 0 Å². The molecule has 0 spiro atoms. The van der Waals surface area contributed by atoms with E-state index in [2.05, 4.69) is 24.3 Å². The summed E-state index contributed by atoms with van der Waals surface area (Å²) in [6, 6.07) is 18.5. The van der Waals surface area contributed by atoms with Gasteiger partial charge in [-0.2, -0.15) is 0 Å². The third kappa shape index (κ3) is 3.97. The van der Waals surface area contributed by atoms with Crippen LogP contribution in [-0.4, -0.2) is 29.5 Å². The van der Waals surface area contributed by atoms with E-state index in [0.29, 0.717) is 0 Å². The zero-order valence-electron chi connectivity index (χ0n) is 14.4. The molecule has 0 bridgehead atoms. The highest BCUT2D eigenvalue weighted by molar-refractivity contribution is 5.81. The van der Waals surface area contributed by atoms with E-state index in [1.54, 1.807) is 0 Å². The maximum absolute atomic E-state index is 12.8. The number of aryl methyl sites for hydroxylation is 1. The maximum atomic E-state index is 12.8. The molecule has 3 heteroatoms. The lowest BCUT2D eigenvalue weighted by atomic mass is 10.0. The monoisotopic (exact) mass is 323 g/mol. The number of hydrogen-bond acceptors (Lipinski definition) is 2. The van der Waals surface area contributed by atoms with Crippen molar-refractivity contribution in [3.05, 3.63) is 65.7 Å². The van der Waals surface area contributed by atoms with E-state index in [0.717, 1.165) is 37.1 Å². The van der Waals surface area contributed by atoms with Crippen LogP contribution >= 0.6 is 0 Å². The fourth-order valence-electron chi connectivity index (χ4n) is 3.40. The number of rotatable bonds is 5. The molecule has 1 aliphatic rings. The smallest absolute Gasteiger partial charge is 0.263 e. The van der Waals surface area contributed by atoms with Crippen LogP contribution in [0.5, 0.6) is 5.75 Å². The second kappa shape index (κ2) is 7.52. The number of benzene rings is 2. The van der Waals surface area contributed by atoms with Gasteiger partial charge in [0.05, 0.1) is 0 Å². The summed E-state index contributed by atoms with van der Waals surface area (Å²) >= 11 is 0. The molecular formula is C21H25NO2. The Labute approximate surface area is 144 Å². The Morgan fingerprint density at radius 3 is 2.75 bits per heavy atom. The summed E-state index contributed by atoms with van der Waals surface area (Å²) in [5, 5.41) is 0. The molecule has 0 aliphatic carbocycles. The Bertz CT molecular complexity index is 683. The molecule has 2 aromatic rings. The maximum Gasteiger partial charge on any atom is 0.263 e. The zero-order chi connectivity index (χ0) is 16.9. The van der Waals surface area contributed by atoms with Gasteiger partial charge < -0.3 is 9.64 Å². The molecule has 1 aliphatic heterocycles. The van der Waals surface area contributed by atoms with Gasteiger partial charge in [-0.3, -0.25) is 4.79 Å². The molecule has 1 saturated heterocycles. The largest absolute Gasteiger partial charge is 0.481 e. The molecule has 0 aromatic heterocycles. The molecule has 2 atom stereocenters. The number of likely N-dealkylation sites (tertiary alicyclic amines) is 1. The molecule has 1 heterocycles. The summed E-state index contributed by atoms with van der Waals surface area (Å²) in [6.07, 6.45) is 2.60. The molecule has 0 N–H and O–H groups in total. The first-order valence-electron chi connectivity index (χ1n) is 8.71. The van der Waals surface area contributed by atoms with Crippen LogP contribution in [-0.2, 0) is 11.2 Å². The van der Waals surface area contributed by atoms with E-state index in [4.69, 9.17) is 4.74 Å². The molecule has 1 amide bonds. The van der Waals surface area contributed by atoms with E-state index in [9.17, 15) is 4.79 Å². The molecule has 3 nitrogen and oxygen atoms in total. The van der Waals surface area contributed by atoms with E-state index in [1.165, 1.54) is 5.56 Å². The topological polar surface area (TPSA) is 29.5 Å². The Kier molecular flexibility index (Phi) is 5.19. The highest BCUT2D eigenvalue weighted by Gasteiger charge is 2.32. The molecule has 2 aromatic carbocycles. The van der Waals surface area contributed by atoms with Crippen LogP contribution in [0.1, 0.15) is 30.9 Å². The van der Waals surface area contributed by atoms with Crippen LogP contribution in [0, 0.1) is 6.92 Å². The predicted octanol–water partition coefficient (Wildman–Crippen LogP) is 4.00. The Hall–Kier alpha value is -2.29. The van der Waals surface area contributed by atoms with Gasteiger partial charge in [0, 0.05) is 12.6 Å². The third-order valence-electron chi connectivity index (χ3n) is 4.62. The molecule has 1 fully saturated rings. The van der Waals surface area contributed by atoms with Gasteiger partial charge in [0.15, 0.2) is 6.10 Å². The minimum atomic E-state index is -0.455. The summed E-state index contributed by atoms with van der Waals surface area (Å²) in [6.45, 7) is 4.70. The number of hydrogen-bond donors (Lipinski definition) is 0. The Morgan fingerprint density at radius 2 is 2.00 bits per heavy atom. The van der Waals surface area contributed by atoms with Gasteiger partial charge in [0.2, 0.25) is 0 Å². The summed E-state index contributed by atoms with van der Waals surface area (Å²) in [5.74, 6) is 0.851. The van der Waals surface area contributed by atoms with Crippen LogP contribution in [0.15, 0.2) is 54.6 Å². The first kappa shape index (κ1) is 16.6. The minimum Gasteiger partial charge on any atom is -0.481 e. The molecule has 0 radical (unpaired) electrons. The second-order valence-electron chi connectivity index (χ2n) is 6.59. The fourth-order valence-corrected chi connectivity index (χ4v) is 3.40. The lowest BCUT2D eigenvalue weighted by molar-refractivity contribution is -0.138. The third-order valence-corrected chi connectivity index (χ3v) is 4.62. The molecular weight excluding hydrogens is 298 g/mol. The molecule has 24 heavy (non-hydrogen) atoms. The number of amides is 1. The van der Waals surface area contributed by atoms with Crippen molar-refractivity contribution in [3.8, 4) is 5.75 Å². The molecule has 126 valence electrons. The standard InChI is InChI=1S/C21H25NO2/c1-16-8-6-12-20(14-16)24-17(2)21(23)22-13-7-11-19(22)15-18-9-4-3-5-10-18/h3-6,8-10,12,14,17,19H,7,11,13,15H2,1-2H3. The van der Waals surface area contributed by atoms with Crippen molar-refractivity contribution in [2.75, 3.05) is 6.54 Å². The quantitative estimate of drug-likeness (QED) is 0.832. The zero-order valence-corrected chi connectivity index (χ0v) is 14.4. The lowest BCUT2D eigenvalue weighted by Crippen LogP contribution is -2.44. The van der Waals surface area contributed by atoms with Crippen molar-refractivity contribution in [3.63, 3.8) is 0 Å². The lowest BCUT2D eigenvalue weighted by Gasteiger charge is -2.28. The fraction of sp³-hybridized carbons (Fsp3) is 0.381. The number of ether oxygens (including phenoxy) is 1. The minimum absolute atomic E-state index is 0.0925. The van der Waals surface area contributed by atoms with Gasteiger partial charge in [-0.15, -0.1) is 0 Å². The highest BCUT2D eigenvalue weighted by Crippen LogP contribution is 2.23. The SMILES string of the molecule is Cc1cccc(OC(C)C(=O)N2CCCC2Cc2ccccc2)c1. The second-order valence-corrected chi connectivity index (χ2v) is 6.59. The summed E-state index contributed by atoms with van der Waals surface area (Å²) < 4.78 is 5.88. The van der Waals surface area contributed by atoms with Crippen molar-refractivity contribution < 1.29 is 9.53 Å². The average Bonchev–Trinajstić information content (AvgIpc) is 3.03. The number of carbonyl (C=O) groups is 1. The van der Waals surface area contributed by atoms with Crippen LogP contribution in [0.2, 0.25) is 0 Å². The van der Waals surface area contributed by atoms with Crippen molar-refractivity contribution in [2.24, 2.45) is 0 Å². The van der Waals surface area contributed by atoms with E-state index in [1.807, 2.05) is 49.1 Å². The van der Waals surface area contributed by atoms with Gasteiger partial charge in [0.25, 0.3) is 5.91 Å². The average molecular weight is 323 g/mol. The van der Waals surface area contributed by atoms with Gasteiger partial charge in [-0.05, 0) is 56.4 Å². The predicted molar refractivity (Wildman–Crippen MR) is 96.2 cm³/mol. The van der Waals surface area contributed by atoms with Gasteiger partial charge >= 0.3 is 0 Å². The van der Waals surface area contributed by atoms with Crippen molar-refractivity contribution in [1.82, 2.24) is 4.90 Å². The summed E-state index contributed by atoms with van der Waals surface area (Å²) in [4.78, 5) is 14.8. The normalized spacial score (nSPS) is 18.4. The van der Waals surface area contributed by atoms with Gasteiger partial charge in [-0.1, -0.05) is 42.5 Å². The molecule has 0 saturated carbocycles. The van der Waals surface area contributed by atoms with Crippen molar-refractivity contribution in [1.29, 1.82) is 0 Å². The van der Waals surface area contributed by atoms with E-state index >= 15 is 0 Å². The Balaban J connectivity index is 1.64. The Morgan fingerprint density at radius 1 is 1.21 bits per heavy atom. The highest BCUT2D eigenvalue weighted by atomic mass is 16.5.